The zero-order valence-corrected chi connectivity index (χ0v) is 44.5. The molecule has 1 aliphatic rings. The SMILES string of the molecule is CC/C=C\C/C=C\C/C=C\C/C=C\C/C=C\C/C=C\C/C=C\CCCCCC(=O)NC(COC1OC(CO)C(O)C(O)C1O)C(O)/C=C/CCCCCCCCCCCCCCCCCCCCCC. The first-order chi connectivity index (χ1) is 34.3. The highest BCUT2D eigenvalue weighted by Crippen LogP contribution is 2.23. The summed E-state index contributed by atoms with van der Waals surface area (Å²) in [5.74, 6) is -0.211. The van der Waals surface area contributed by atoms with E-state index in [1.165, 1.54) is 116 Å². The molecular formula is C61H105NO8. The lowest BCUT2D eigenvalue weighted by molar-refractivity contribution is -0.302. The quantitative estimate of drug-likeness (QED) is 0.0261. The molecule has 9 nitrogen and oxygen atoms in total. The van der Waals surface area contributed by atoms with E-state index in [9.17, 15) is 30.3 Å². The van der Waals surface area contributed by atoms with Crippen LogP contribution in [0.3, 0.4) is 0 Å². The predicted octanol–water partition coefficient (Wildman–Crippen LogP) is 14.0. The fourth-order valence-corrected chi connectivity index (χ4v) is 8.43. The number of hydrogen-bond acceptors (Lipinski definition) is 8. The number of carbonyl (C=O) groups is 1. The number of allylic oxidation sites excluding steroid dienone is 15. The fraction of sp³-hybridized carbons (Fsp3) is 0.721. The zero-order chi connectivity index (χ0) is 50.8. The van der Waals surface area contributed by atoms with Crippen LogP contribution >= 0.6 is 0 Å². The molecule has 1 rings (SSSR count). The third kappa shape index (κ3) is 38.7. The minimum atomic E-state index is -1.58. The maximum atomic E-state index is 13.0. The Morgan fingerprint density at radius 3 is 1.31 bits per heavy atom. The number of nitrogens with one attached hydrogen (secondary N) is 1. The van der Waals surface area contributed by atoms with Gasteiger partial charge in [0, 0.05) is 6.42 Å². The van der Waals surface area contributed by atoms with Crippen molar-refractivity contribution in [2.45, 2.75) is 269 Å². The van der Waals surface area contributed by atoms with E-state index in [0.29, 0.717) is 12.8 Å². The van der Waals surface area contributed by atoms with Gasteiger partial charge in [0.15, 0.2) is 6.29 Å². The van der Waals surface area contributed by atoms with E-state index < -0.39 is 49.5 Å². The smallest absolute Gasteiger partial charge is 0.220 e. The highest BCUT2D eigenvalue weighted by Gasteiger charge is 2.44. The van der Waals surface area contributed by atoms with Gasteiger partial charge < -0.3 is 40.3 Å². The molecule has 7 atom stereocenters. The lowest BCUT2D eigenvalue weighted by Crippen LogP contribution is -2.60. The summed E-state index contributed by atoms with van der Waals surface area (Å²) >= 11 is 0. The van der Waals surface area contributed by atoms with Crippen LogP contribution in [0.25, 0.3) is 0 Å². The van der Waals surface area contributed by atoms with E-state index in [0.717, 1.165) is 83.5 Å². The van der Waals surface area contributed by atoms with E-state index >= 15 is 0 Å². The fourth-order valence-electron chi connectivity index (χ4n) is 8.43. The topological polar surface area (TPSA) is 149 Å². The molecule has 9 heteroatoms. The van der Waals surface area contributed by atoms with Crippen molar-refractivity contribution in [2.24, 2.45) is 0 Å². The number of hydrogen-bond donors (Lipinski definition) is 6. The molecule has 1 aliphatic heterocycles. The molecule has 0 aromatic carbocycles. The molecule has 0 radical (unpaired) electrons. The number of ether oxygens (including phenoxy) is 2. The van der Waals surface area contributed by atoms with Crippen molar-refractivity contribution in [3.05, 3.63) is 97.2 Å². The van der Waals surface area contributed by atoms with Gasteiger partial charge in [-0.25, -0.2) is 0 Å². The minimum absolute atomic E-state index is 0.208. The van der Waals surface area contributed by atoms with Gasteiger partial charge in [0.2, 0.25) is 5.91 Å². The van der Waals surface area contributed by atoms with E-state index in [1.807, 2.05) is 6.08 Å². The van der Waals surface area contributed by atoms with Crippen molar-refractivity contribution in [3.63, 3.8) is 0 Å². The Kier molecular flexibility index (Phi) is 46.2. The normalized spacial score (nSPS) is 20.1. The number of aliphatic hydroxyl groups excluding tert-OH is 5. The van der Waals surface area contributed by atoms with Crippen LogP contribution in [0.15, 0.2) is 97.2 Å². The van der Waals surface area contributed by atoms with Gasteiger partial charge in [-0.2, -0.15) is 0 Å². The zero-order valence-electron chi connectivity index (χ0n) is 44.5. The minimum Gasteiger partial charge on any atom is -0.394 e. The lowest BCUT2D eigenvalue weighted by atomic mass is 9.99. The Morgan fingerprint density at radius 1 is 0.500 bits per heavy atom. The second-order valence-electron chi connectivity index (χ2n) is 19.4. The van der Waals surface area contributed by atoms with Crippen molar-refractivity contribution in [2.75, 3.05) is 13.2 Å². The number of rotatable bonds is 47. The van der Waals surface area contributed by atoms with Gasteiger partial charge in [-0.1, -0.05) is 239 Å². The van der Waals surface area contributed by atoms with Gasteiger partial charge in [-0.3, -0.25) is 4.79 Å². The molecule has 0 aromatic rings. The largest absolute Gasteiger partial charge is 0.394 e. The van der Waals surface area contributed by atoms with Crippen molar-refractivity contribution >= 4 is 5.91 Å². The monoisotopic (exact) mass is 980 g/mol. The highest BCUT2D eigenvalue weighted by molar-refractivity contribution is 5.76. The predicted molar refractivity (Wildman–Crippen MR) is 294 cm³/mol. The summed E-state index contributed by atoms with van der Waals surface area (Å²) in [5, 5.41) is 54.5. The summed E-state index contributed by atoms with van der Waals surface area (Å²) in [7, 11) is 0. The summed E-state index contributed by atoms with van der Waals surface area (Å²) in [6.07, 6.45) is 64.6. The van der Waals surface area contributed by atoms with Gasteiger partial charge in [-0.05, 0) is 77.0 Å². The molecule has 0 spiro atoms. The standard InChI is InChI=1S/C61H105NO8/c1-3-5-7-9-11-13-15-17-19-21-23-25-27-28-29-31-33-35-37-39-41-43-45-47-49-51-57(65)62-54(53-69-61-60(68)59(67)58(66)56(52-63)70-61)55(64)50-48-46-44-42-40-38-36-34-32-30-26-24-22-20-18-16-14-12-10-8-6-4-2/h5,7,11,13,17,19,23,25,28-29,33,35,39,41,48,50,54-56,58-61,63-64,66-68H,3-4,6,8-10,12,14-16,18,20-22,24,26-27,30-32,34,36-38,40,42-47,49,51-53H2,1-2H3,(H,62,65)/b7-5-,13-11-,19-17-,25-23-,29-28-,35-33-,41-39-,50-48+. The van der Waals surface area contributed by atoms with Crippen LogP contribution < -0.4 is 5.32 Å². The highest BCUT2D eigenvalue weighted by atomic mass is 16.7. The van der Waals surface area contributed by atoms with Crippen molar-refractivity contribution in [3.8, 4) is 0 Å². The number of unbranched alkanes of at least 4 members (excludes halogenated alkanes) is 23. The average Bonchev–Trinajstić information content (AvgIpc) is 3.36. The molecule has 1 heterocycles. The maximum Gasteiger partial charge on any atom is 0.220 e. The van der Waals surface area contributed by atoms with Gasteiger partial charge in [0.25, 0.3) is 0 Å². The van der Waals surface area contributed by atoms with Crippen molar-refractivity contribution in [1.29, 1.82) is 0 Å². The molecule has 402 valence electrons. The van der Waals surface area contributed by atoms with Crippen LogP contribution in [0, 0.1) is 0 Å². The van der Waals surface area contributed by atoms with Crippen molar-refractivity contribution < 1.29 is 39.8 Å². The molecule has 70 heavy (non-hydrogen) atoms. The molecule has 7 unspecified atom stereocenters. The van der Waals surface area contributed by atoms with E-state index in [1.54, 1.807) is 6.08 Å². The first-order valence-electron chi connectivity index (χ1n) is 28.5. The van der Waals surface area contributed by atoms with Gasteiger partial charge in [-0.15, -0.1) is 0 Å². The lowest BCUT2D eigenvalue weighted by Gasteiger charge is -2.40. The van der Waals surface area contributed by atoms with Crippen LogP contribution in [0.2, 0.25) is 0 Å². The van der Waals surface area contributed by atoms with E-state index in [-0.39, 0.29) is 12.5 Å². The van der Waals surface area contributed by atoms with Crippen LogP contribution in [-0.4, -0.2) is 87.5 Å². The van der Waals surface area contributed by atoms with Crippen molar-refractivity contribution in [1.82, 2.24) is 5.32 Å². The van der Waals surface area contributed by atoms with E-state index in [2.05, 4.69) is 104 Å². The number of amides is 1. The summed E-state index contributed by atoms with van der Waals surface area (Å²) in [6, 6.07) is -0.831. The third-order valence-electron chi connectivity index (χ3n) is 12.9. The second kappa shape index (κ2) is 49.7. The Hall–Kier alpha value is -2.89. The Morgan fingerprint density at radius 2 is 0.886 bits per heavy atom. The molecular weight excluding hydrogens is 875 g/mol. The summed E-state index contributed by atoms with van der Waals surface area (Å²) in [5.41, 5.74) is 0. The van der Waals surface area contributed by atoms with Gasteiger partial charge >= 0.3 is 0 Å². The Labute approximate surface area is 428 Å². The molecule has 1 amide bonds. The molecule has 0 aromatic heterocycles. The first-order valence-corrected chi connectivity index (χ1v) is 28.5. The third-order valence-corrected chi connectivity index (χ3v) is 12.9. The molecule has 0 saturated carbocycles. The Balaban J connectivity index is 2.30. The molecule has 0 aliphatic carbocycles. The first kappa shape index (κ1) is 65.1. The second-order valence-corrected chi connectivity index (χ2v) is 19.4. The van der Waals surface area contributed by atoms with Gasteiger partial charge in [0.05, 0.1) is 25.4 Å². The van der Waals surface area contributed by atoms with Crippen LogP contribution in [0.5, 0.6) is 0 Å². The number of carbonyl (C=O) groups excluding carboxylic acids is 1. The average molecular weight is 981 g/mol. The van der Waals surface area contributed by atoms with Crippen LogP contribution in [0.4, 0.5) is 0 Å². The molecule has 6 N–H and O–H groups in total. The van der Waals surface area contributed by atoms with Crippen LogP contribution in [0.1, 0.15) is 226 Å². The Bertz CT molecular complexity index is 1420. The maximum absolute atomic E-state index is 13.0. The summed E-state index contributed by atoms with van der Waals surface area (Å²) in [6.45, 7) is 3.65. The number of aliphatic hydroxyl groups is 5. The summed E-state index contributed by atoms with van der Waals surface area (Å²) in [4.78, 5) is 13.0. The molecule has 1 fully saturated rings. The van der Waals surface area contributed by atoms with E-state index in [4.69, 9.17) is 9.47 Å². The molecule has 1 saturated heterocycles. The van der Waals surface area contributed by atoms with Crippen LogP contribution in [-0.2, 0) is 14.3 Å². The van der Waals surface area contributed by atoms with Gasteiger partial charge in [0.1, 0.15) is 24.4 Å². The molecule has 0 bridgehead atoms. The summed E-state index contributed by atoms with van der Waals surface area (Å²) < 4.78 is 11.3.